The molecule has 0 saturated carbocycles. The quantitative estimate of drug-likeness (QED) is 0.406. The Morgan fingerprint density at radius 2 is 1.83 bits per heavy atom. The second-order valence-corrected chi connectivity index (χ2v) is 9.93. The molecule has 0 fully saturated rings. The van der Waals surface area contributed by atoms with E-state index in [0.717, 1.165) is 10.6 Å². The van der Waals surface area contributed by atoms with Crippen LogP contribution in [0.25, 0.3) is 0 Å². The number of nitrogens with zero attached hydrogens (tertiary/aromatic N) is 2. The number of Topliss-reactive ketones (excluding diaryl/α,β-unsaturated/α-hetero) is 1. The molecule has 1 unspecified atom stereocenters. The third-order valence-corrected chi connectivity index (χ3v) is 7.07. The fraction of sp³-hybridized carbons (Fsp3) is 0.296. The Morgan fingerprint density at radius 3 is 2.40 bits per heavy atom. The lowest BCUT2D eigenvalue weighted by molar-refractivity contribution is -0.117. The highest BCUT2D eigenvalue weighted by molar-refractivity contribution is 7.14. The first-order valence-electron chi connectivity index (χ1n) is 11.4. The molecule has 182 valence electrons. The van der Waals surface area contributed by atoms with Gasteiger partial charge >= 0.3 is 0 Å². The van der Waals surface area contributed by atoms with Crippen molar-refractivity contribution in [1.29, 1.82) is 0 Å². The van der Waals surface area contributed by atoms with Crippen LogP contribution >= 0.6 is 11.3 Å². The Morgan fingerprint density at radius 1 is 1.14 bits per heavy atom. The lowest BCUT2D eigenvalue weighted by Gasteiger charge is -2.27. The van der Waals surface area contributed by atoms with Gasteiger partial charge in [0.05, 0.1) is 33.8 Å². The fourth-order valence-corrected chi connectivity index (χ4v) is 5.15. The zero-order valence-electron chi connectivity index (χ0n) is 20.3. The average Bonchev–Trinajstić information content (AvgIpc) is 3.30. The molecule has 1 atom stereocenters. The van der Waals surface area contributed by atoms with Crippen molar-refractivity contribution in [2.75, 3.05) is 11.5 Å². The molecule has 0 radical (unpaired) electrons. The second kappa shape index (κ2) is 9.54. The van der Waals surface area contributed by atoms with Crippen LogP contribution in [0, 0.1) is 13.8 Å². The number of anilines is 1. The average molecular weight is 493 g/mol. The number of aromatic hydroxyl groups is 1. The molecule has 35 heavy (non-hydrogen) atoms. The summed E-state index contributed by atoms with van der Waals surface area (Å²) < 4.78 is 5.55. The summed E-state index contributed by atoms with van der Waals surface area (Å²) in [7, 11) is 0. The molecular weight excluding hydrogens is 464 g/mol. The molecule has 1 amide bonds. The zero-order valence-corrected chi connectivity index (χ0v) is 21.1. The number of rotatable bonds is 7. The third-order valence-electron chi connectivity index (χ3n) is 6.00. The highest BCUT2D eigenvalue weighted by atomic mass is 32.1. The number of aliphatic hydroxyl groups excluding tert-OH is 1. The molecule has 3 aromatic rings. The van der Waals surface area contributed by atoms with E-state index >= 15 is 0 Å². The van der Waals surface area contributed by atoms with Crippen molar-refractivity contribution < 1.29 is 24.5 Å². The van der Waals surface area contributed by atoms with Gasteiger partial charge in [0.1, 0.15) is 0 Å². The van der Waals surface area contributed by atoms with Crippen molar-refractivity contribution in [3.8, 4) is 11.5 Å². The van der Waals surface area contributed by atoms with Crippen LogP contribution in [0.2, 0.25) is 0 Å². The summed E-state index contributed by atoms with van der Waals surface area (Å²) in [5.41, 5.74) is 2.69. The normalized spacial score (nSPS) is 15.9. The molecular formula is C27H28N2O5S. The number of aliphatic hydroxyl groups is 1. The van der Waals surface area contributed by atoms with Crippen LogP contribution in [-0.4, -0.2) is 33.5 Å². The second-order valence-electron chi connectivity index (χ2n) is 8.72. The van der Waals surface area contributed by atoms with E-state index in [4.69, 9.17) is 4.74 Å². The van der Waals surface area contributed by atoms with E-state index in [1.165, 1.54) is 22.3 Å². The first kappa shape index (κ1) is 24.5. The van der Waals surface area contributed by atoms with E-state index in [2.05, 4.69) is 18.8 Å². The van der Waals surface area contributed by atoms with Crippen molar-refractivity contribution >= 4 is 28.7 Å². The minimum atomic E-state index is -0.915. The Hall–Kier alpha value is -3.65. The van der Waals surface area contributed by atoms with Gasteiger partial charge in [0.2, 0.25) is 5.78 Å². The Kier molecular flexibility index (Phi) is 6.67. The topological polar surface area (TPSA) is 100.0 Å². The molecule has 0 aliphatic carbocycles. The van der Waals surface area contributed by atoms with Crippen LogP contribution in [0.4, 0.5) is 5.69 Å². The first-order valence-corrected chi connectivity index (χ1v) is 12.3. The van der Waals surface area contributed by atoms with E-state index in [-0.39, 0.29) is 17.1 Å². The number of aromatic nitrogens is 1. The lowest BCUT2D eigenvalue weighted by atomic mass is 9.94. The van der Waals surface area contributed by atoms with Gasteiger partial charge in [-0.3, -0.25) is 14.5 Å². The number of carbonyl (C=O) groups excluding carboxylic acids is 2. The summed E-state index contributed by atoms with van der Waals surface area (Å²) in [5.74, 6) is -1.22. The van der Waals surface area contributed by atoms with Gasteiger partial charge in [-0.15, -0.1) is 11.3 Å². The van der Waals surface area contributed by atoms with E-state index in [9.17, 15) is 19.8 Å². The molecule has 4 rings (SSSR count). The fourth-order valence-electron chi connectivity index (χ4n) is 4.27. The van der Waals surface area contributed by atoms with Crippen LogP contribution in [0.1, 0.15) is 64.2 Å². The number of amides is 1. The number of carbonyl (C=O) groups is 2. The molecule has 7 nitrogen and oxygen atoms in total. The molecule has 2 N–H and O–H groups in total. The highest BCUT2D eigenvalue weighted by Gasteiger charge is 2.45. The molecule has 1 aliphatic heterocycles. The van der Waals surface area contributed by atoms with E-state index in [1.807, 2.05) is 24.3 Å². The molecule has 2 aromatic carbocycles. The maximum absolute atomic E-state index is 13.7. The maximum atomic E-state index is 13.7. The number of thiazole rings is 1. The van der Waals surface area contributed by atoms with Crippen molar-refractivity contribution in [3.63, 3.8) is 0 Å². The van der Waals surface area contributed by atoms with Crippen molar-refractivity contribution in [1.82, 2.24) is 4.98 Å². The summed E-state index contributed by atoms with van der Waals surface area (Å²) in [6.45, 7) is 9.81. The van der Waals surface area contributed by atoms with Gasteiger partial charge in [-0.1, -0.05) is 32.0 Å². The SMILES string of the molecule is CCOc1cc(C2C(C(=O)c3sc(C)nc3C)=C(O)C(=O)N2c2ccc(C(C)C)cc2)ccc1O. The summed E-state index contributed by atoms with van der Waals surface area (Å²) >= 11 is 1.23. The molecule has 2 heterocycles. The number of ketones is 1. The van der Waals surface area contributed by atoms with Gasteiger partial charge < -0.3 is 14.9 Å². The zero-order chi connectivity index (χ0) is 25.4. The minimum absolute atomic E-state index is 0.0252. The van der Waals surface area contributed by atoms with Gasteiger partial charge in [0, 0.05) is 5.69 Å². The lowest BCUT2D eigenvalue weighted by Crippen LogP contribution is -2.31. The van der Waals surface area contributed by atoms with Crippen LogP contribution in [0.15, 0.2) is 53.8 Å². The maximum Gasteiger partial charge on any atom is 0.294 e. The standard InChI is InChI=1S/C27H28N2O5S/c1-6-34-21-13-18(9-12-20(21)30)23-22(24(31)26-15(4)28-16(5)35-26)25(32)27(33)29(23)19-10-7-17(8-11-19)14(2)3/h7-14,23,30,32H,6H2,1-5H3. The number of hydrogen-bond acceptors (Lipinski definition) is 7. The summed E-state index contributed by atoms with van der Waals surface area (Å²) in [6, 6.07) is 11.3. The van der Waals surface area contributed by atoms with Crippen LogP contribution in [0.5, 0.6) is 11.5 Å². The van der Waals surface area contributed by atoms with Crippen molar-refractivity contribution in [3.05, 3.63) is 80.5 Å². The minimum Gasteiger partial charge on any atom is -0.504 e. The van der Waals surface area contributed by atoms with Gasteiger partial charge in [-0.05, 0) is 62.1 Å². The predicted octanol–water partition coefficient (Wildman–Crippen LogP) is 5.77. The largest absolute Gasteiger partial charge is 0.504 e. The number of aryl methyl sites for hydroxylation is 2. The summed E-state index contributed by atoms with van der Waals surface area (Å²) in [6.07, 6.45) is 0. The molecule has 0 saturated heterocycles. The summed E-state index contributed by atoms with van der Waals surface area (Å²) in [5, 5.41) is 21.9. The predicted molar refractivity (Wildman–Crippen MR) is 136 cm³/mol. The van der Waals surface area contributed by atoms with Crippen molar-refractivity contribution in [2.45, 2.75) is 46.6 Å². The Bertz CT molecular complexity index is 1320. The van der Waals surface area contributed by atoms with E-state index < -0.39 is 23.5 Å². The number of hydrogen-bond donors (Lipinski definition) is 2. The van der Waals surface area contributed by atoms with E-state index in [0.29, 0.717) is 34.3 Å². The number of ether oxygens (including phenoxy) is 1. The Balaban J connectivity index is 1.89. The van der Waals surface area contributed by atoms with Gasteiger partial charge in [0.15, 0.2) is 17.3 Å². The molecule has 1 aromatic heterocycles. The third kappa shape index (κ3) is 4.41. The number of phenolic OH excluding ortho intramolecular Hbond substituents is 1. The molecule has 0 bridgehead atoms. The van der Waals surface area contributed by atoms with Gasteiger partial charge in [0.25, 0.3) is 5.91 Å². The van der Waals surface area contributed by atoms with Crippen molar-refractivity contribution in [2.24, 2.45) is 0 Å². The highest BCUT2D eigenvalue weighted by Crippen LogP contribution is 2.44. The number of phenols is 1. The van der Waals surface area contributed by atoms with Crippen LogP contribution in [0.3, 0.4) is 0 Å². The smallest absolute Gasteiger partial charge is 0.294 e. The molecule has 0 spiro atoms. The van der Waals surface area contributed by atoms with Crippen LogP contribution < -0.4 is 9.64 Å². The molecule has 8 heteroatoms. The van der Waals surface area contributed by atoms with Crippen LogP contribution in [-0.2, 0) is 4.79 Å². The van der Waals surface area contributed by atoms with Gasteiger partial charge in [-0.25, -0.2) is 4.98 Å². The Labute approximate surface area is 208 Å². The first-order chi connectivity index (χ1) is 16.6. The molecule has 1 aliphatic rings. The van der Waals surface area contributed by atoms with E-state index in [1.54, 1.807) is 32.9 Å². The summed E-state index contributed by atoms with van der Waals surface area (Å²) in [4.78, 5) is 33.2. The number of benzene rings is 2. The van der Waals surface area contributed by atoms with Gasteiger partial charge in [-0.2, -0.15) is 0 Å². The monoisotopic (exact) mass is 492 g/mol.